The summed E-state index contributed by atoms with van der Waals surface area (Å²) in [5.74, 6) is -0.596. The van der Waals surface area contributed by atoms with Crippen LogP contribution in [0, 0.1) is 11.3 Å². The van der Waals surface area contributed by atoms with Gasteiger partial charge in [-0.15, -0.1) is 0 Å². The lowest BCUT2D eigenvalue weighted by molar-refractivity contribution is 0.546. The van der Waals surface area contributed by atoms with E-state index in [0.29, 0.717) is 0 Å². The Morgan fingerprint density at radius 2 is 2.00 bits per heavy atom. The molecular formula is C6H12N2O2S. The Kier molecular flexibility index (Phi) is 3.02. The van der Waals surface area contributed by atoms with E-state index in [0.717, 1.165) is 0 Å². The van der Waals surface area contributed by atoms with Crippen LogP contribution in [0.5, 0.6) is 0 Å². The molecule has 0 unspecified atom stereocenters. The van der Waals surface area contributed by atoms with Crippen LogP contribution in [0.4, 0.5) is 0 Å². The highest BCUT2D eigenvalue weighted by Gasteiger charge is 2.21. The minimum Gasteiger partial charge on any atom is -0.325 e. The van der Waals surface area contributed by atoms with Gasteiger partial charge in [0.05, 0.1) is 11.8 Å². The van der Waals surface area contributed by atoms with Crippen molar-refractivity contribution in [1.29, 1.82) is 5.26 Å². The van der Waals surface area contributed by atoms with Gasteiger partial charge in [0.15, 0.2) is 9.84 Å². The largest absolute Gasteiger partial charge is 0.325 e. The van der Waals surface area contributed by atoms with Crippen LogP contribution in [-0.2, 0) is 9.84 Å². The Balaban J connectivity index is 4.30. The lowest BCUT2D eigenvalue weighted by Gasteiger charge is -2.16. The highest BCUT2D eigenvalue weighted by molar-refractivity contribution is 7.91. The fraction of sp³-hybridized carbons (Fsp3) is 0.833. The monoisotopic (exact) mass is 176 g/mol. The summed E-state index contributed by atoms with van der Waals surface area (Å²) in [6.07, 6.45) is 0. The number of nitrogens with zero attached hydrogens (tertiary/aromatic N) is 1. The maximum atomic E-state index is 10.9. The molecule has 11 heavy (non-hydrogen) atoms. The third-order valence-electron chi connectivity index (χ3n) is 0.876. The molecule has 0 aliphatic heterocycles. The zero-order chi connectivity index (χ0) is 9.12. The molecular weight excluding hydrogens is 164 g/mol. The van der Waals surface area contributed by atoms with E-state index in [1.807, 2.05) is 0 Å². The van der Waals surface area contributed by atoms with Crippen molar-refractivity contribution in [2.75, 3.05) is 11.5 Å². The Hall–Kier alpha value is -0.600. The van der Waals surface area contributed by atoms with Crippen LogP contribution in [-0.4, -0.2) is 25.5 Å². The molecule has 0 aromatic carbocycles. The second-order valence-corrected chi connectivity index (χ2v) is 5.24. The number of nitriles is 1. The molecule has 0 heterocycles. The van der Waals surface area contributed by atoms with E-state index in [1.54, 1.807) is 19.9 Å². The summed E-state index contributed by atoms with van der Waals surface area (Å²) in [6, 6.07) is 1.59. The van der Waals surface area contributed by atoms with Gasteiger partial charge in [0, 0.05) is 5.54 Å². The normalized spacial score (nSPS) is 12.5. The van der Waals surface area contributed by atoms with E-state index in [1.165, 1.54) is 0 Å². The molecule has 0 aromatic rings. The first-order chi connectivity index (χ1) is 4.77. The van der Waals surface area contributed by atoms with Crippen LogP contribution in [0.3, 0.4) is 0 Å². The van der Waals surface area contributed by atoms with Crippen molar-refractivity contribution in [3.8, 4) is 6.07 Å². The van der Waals surface area contributed by atoms with Gasteiger partial charge in [-0.1, -0.05) is 0 Å². The van der Waals surface area contributed by atoms with E-state index in [4.69, 9.17) is 11.0 Å². The Morgan fingerprint density at radius 1 is 1.55 bits per heavy atom. The SMILES string of the molecule is CC(C)(N)CS(=O)(=O)CC#N. The molecule has 0 amide bonds. The number of hydrogen-bond acceptors (Lipinski definition) is 4. The van der Waals surface area contributed by atoms with E-state index < -0.39 is 21.1 Å². The predicted molar refractivity (Wildman–Crippen MR) is 42.5 cm³/mol. The summed E-state index contributed by atoms with van der Waals surface area (Å²) in [6.45, 7) is 3.23. The molecule has 0 radical (unpaired) electrons. The molecule has 2 N–H and O–H groups in total. The van der Waals surface area contributed by atoms with Gasteiger partial charge in [0.2, 0.25) is 0 Å². The minimum atomic E-state index is -3.28. The maximum Gasteiger partial charge on any atom is 0.165 e. The lowest BCUT2D eigenvalue weighted by atomic mass is 10.1. The number of rotatable bonds is 3. The van der Waals surface area contributed by atoms with Gasteiger partial charge in [-0.2, -0.15) is 5.26 Å². The summed E-state index contributed by atoms with van der Waals surface area (Å²) >= 11 is 0. The summed E-state index contributed by atoms with van der Waals surface area (Å²) in [4.78, 5) is 0. The molecule has 0 atom stereocenters. The lowest BCUT2D eigenvalue weighted by Crippen LogP contribution is -2.40. The van der Waals surface area contributed by atoms with Crippen LogP contribution in [0.25, 0.3) is 0 Å². The average Bonchev–Trinajstić information content (AvgIpc) is 1.55. The molecule has 0 aliphatic rings. The molecule has 64 valence electrons. The van der Waals surface area contributed by atoms with Crippen LogP contribution in [0.15, 0.2) is 0 Å². The summed E-state index contributed by atoms with van der Waals surface area (Å²) < 4.78 is 21.9. The molecule has 0 spiro atoms. The minimum absolute atomic E-state index is 0.145. The highest BCUT2D eigenvalue weighted by Crippen LogP contribution is 2.02. The first-order valence-electron chi connectivity index (χ1n) is 3.13. The van der Waals surface area contributed by atoms with Crippen LogP contribution >= 0.6 is 0 Å². The smallest absolute Gasteiger partial charge is 0.165 e. The van der Waals surface area contributed by atoms with Crippen molar-refractivity contribution in [2.45, 2.75) is 19.4 Å². The van der Waals surface area contributed by atoms with Gasteiger partial charge >= 0.3 is 0 Å². The van der Waals surface area contributed by atoms with Gasteiger partial charge in [0.25, 0.3) is 0 Å². The molecule has 0 fully saturated rings. The quantitative estimate of drug-likeness (QED) is 0.637. The topological polar surface area (TPSA) is 84.0 Å². The number of hydrogen-bond donors (Lipinski definition) is 1. The molecule has 0 saturated heterocycles. The Bertz CT molecular complexity index is 255. The second kappa shape index (κ2) is 3.20. The van der Waals surface area contributed by atoms with Crippen molar-refractivity contribution >= 4 is 9.84 Å². The van der Waals surface area contributed by atoms with Crippen molar-refractivity contribution in [3.05, 3.63) is 0 Å². The first kappa shape index (κ1) is 10.4. The summed E-state index contributed by atoms with van der Waals surface area (Å²) in [7, 11) is -3.28. The maximum absolute atomic E-state index is 10.9. The highest BCUT2D eigenvalue weighted by atomic mass is 32.2. The molecule has 0 aromatic heterocycles. The van der Waals surface area contributed by atoms with Gasteiger partial charge in [0.1, 0.15) is 5.75 Å². The van der Waals surface area contributed by atoms with Gasteiger partial charge in [-0.3, -0.25) is 0 Å². The Morgan fingerprint density at radius 3 is 2.27 bits per heavy atom. The molecule has 0 bridgehead atoms. The van der Waals surface area contributed by atoms with Crippen molar-refractivity contribution < 1.29 is 8.42 Å². The van der Waals surface area contributed by atoms with Crippen molar-refractivity contribution in [2.24, 2.45) is 5.73 Å². The van der Waals surface area contributed by atoms with E-state index >= 15 is 0 Å². The summed E-state index contributed by atoms with van der Waals surface area (Å²) in [5.41, 5.74) is 4.71. The van der Waals surface area contributed by atoms with Gasteiger partial charge in [-0.25, -0.2) is 8.42 Å². The molecule has 0 rings (SSSR count). The van der Waals surface area contributed by atoms with Crippen LogP contribution in [0.1, 0.15) is 13.8 Å². The van der Waals surface area contributed by atoms with Gasteiger partial charge < -0.3 is 5.73 Å². The number of sulfone groups is 1. The summed E-state index contributed by atoms with van der Waals surface area (Å²) in [5, 5.41) is 8.13. The average molecular weight is 176 g/mol. The van der Waals surface area contributed by atoms with Gasteiger partial charge in [-0.05, 0) is 13.8 Å². The molecule has 4 nitrogen and oxygen atoms in total. The number of nitrogens with two attached hydrogens (primary N) is 1. The second-order valence-electron chi connectivity index (χ2n) is 3.18. The zero-order valence-corrected chi connectivity index (χ0v) is 7.48. The van der Waals surface area contributed by atoms with E-state index in [9.17, 15) is 8.42 Å². The molecule has 5 heteroatoms. The fourth-order valence-corrected chi connectivity index (χ4v) is 2.15. The fourth-order valence-electron chi connectivity index (χ4n) is 0.716. The van der Waals surface area contributed by atoms with Crippen molar-refractivity contribution in [1.82, 2.24) is 0 Å². The van der Waals surface area contributed by atoms with Crippen LogP contribution < -0.4 is 5.73 Å². The third-order valence-corrected chi connectivity index (χ3v) is 2.63. The zero-order valence-electron chi connectivity index (χ0n) is 6.66. The standard InChI is InChI=1S/C6H12N2O2S/c1-6(2,8)5-11(9,10)4-3-7/h4-5,8H2,1-2H3. The van der Waals surface area contributed by atoms with Crippen LogP contribution in [0.2, 0.25) is 0 Å². The van der Waals surface area contributed by atoms with Crippen molar-refractivity contribution in [3.63, 3.8) is 0 Å². The predicted octanol–water partition coefficient (Wildman–Crippen LogP) is -0.338. The molecule has 0 saturated carbocycles. The van der Waals surface area contributed by atoms with E-state index in [-0.39, 0.29) is 5.75 Å². The Labute approximate surface area is 66.9 Å². The molecule has 0 aliphatic carbocycles. The van der Waals surface area contributed by atoms with E-state index in [2.05, 4.69) is 0 Å². The first-order valence-corrected chi connectivity index (χ1v) is 4.95. The third kappa shape index (κ3) is 5.83.